The largest absolute Gasteiger partial charge is 0.457 e. The summed E-state index contributed by atoms with van der Waals surface area (Å²) in [6, 6.07) is 64.2. The molecule has 3 nitrogen and oxygen atoms in total. The Morgan fingerprint density at radius 1 is 0.429 bits per heavy atom. The smallest absolute Gasteiger partial charge is 0.247 e. The molecule has 11 aromatic rings. The van der Waals surface area contributed by atoms with Crippen LogP contribution in [0.3, 0.4) is 0 Å². The molecule has 0 amide bonds. The Morgan fingerprint density at radius 2 is 1.08 bits per heavy atom. The van der Waals surface area contributed by atoms with Crippen molar-refractivity contribution in [1.29, 1.82) is 0 Å². The van der Waals surface area contributed by atoms with E-state index in [4.69, 9.17) is 9.15 Å². The van der Waals surface area contributed by atoms with Gasteiger partial charge in [-0.3, -0.25) is 0 Å². The average molecular weight is 810 g/mol. The van der Waals surface area contributed by atoms with Crippen molar-refractivity contribution in [2.24, 2.45) is 0 Å². The van der Waals surface area contributed by atoms with Crippen LogP contribution < -0.4 is 26.0 Å². The predicted octanol–water partition coefficient (Wildman–Crippen LogP) is 14.3. The molecule has 4 heteroatoms. The summed E-state index contributed by atoms with van der Waals surface area (Å²) in [5, 5.41) is 9.55. The van der Waals surface area contributed by atoms with Crippen LogP contribution in [-0.2, 0) is 0 Å². The zero-order valence-corrected chi connectivity index (χ0v) is 36.1. The molecule has 300 valence electrons. The number of benzene rings is 10. The second-order valence-electron chi connectivity index (χ2n) is 17.5. The van der Waals surface area contributed by atoms with E-state index in [9.17, 15) is 0 Å². The van der Waals surface area contributed by atoms with Gasteiger partial charge in [-0.25, -0.2) is 0 Å². The van der Waals surface area contributed by atoms with Gasteiger partial charge in [0.25, 0.3) is 0 Å². The van der Waals surface area contributed by atoms with E-state index in [1.54, 1.807) is 0 Å². The lowest BCUT2D eigenvalue weighted by Gasteiger charge is -2.31. The molecule has 1 aliphatic heterocycles. The van der Waals surface area contributed by atoms with Crippen LogP contribution >= 0.6 is 0 Å². The highest BCUT2D eigenvalue weighted by Gasteiger charge is 2.32. The minimum atomic E-state index is -0.0852. The third kappa shape index (κ3) is 5.82. The van der Waals surface area contributed by atoms with Gasteiger partial charge in [-0.05, 0) is 120 Å². The molecule has 0 atom stereocenters. The highest BCUT2D eigenvalue weighted by atomic mass is 16.5. The number of hydrogen-bond acceptors (Lipinski definition) is 3. The molecule has 0 saturated heterocycles. The van der Waals surface area contributed by atoms with E-state index in [0.29, 0.717) is 0 Å². The quantitative estimate of drug-likeness (QED) is 0.124. The van der Waals surface area contributed by atoms with E-state index in [1.165, 1.54) is 76.9 Å². The Labute approximate surface area is 367 Å². The van der Waals surface area contributed by atoms with Crippen molar-refractivity contribution >= 4 is 94.4 Å². The van der Waals surface area contributed by atoms with Gasteiger partial charge in [0.1, 0.15) is 22.7 Å². The first-order valence-corrected chi connectivity index (χ1v) is 21.9. The van der Waals surface area contributed by atoms with Gasteiger partial charge in [0.2, 0.25) is 6.71 Å². The van der Waals surface area contributed by atoms with E-state index >= 15 is 0 Å². The van der Waals surface area contributed by atoms with Crippen LogP contribution in [0.15, 0.2) is 180 Å². The van der Waals surface area contributed by atoms with Gasteiger partial charge in [0.05, 0.1) is 5.69 Å². The van der Waals surface area contributed by atoms with Gasteiger partial charge in [-0.1, -0.05) is 161 Å². The minimum absolute atomic E-state index is 0.0852. The van der Waals surface area contributed by atoms with Gasteiger partial charge in [0.15, 0.2) is 0 Å². The molecule has 0 unspecified atom stereocenters. The number of fused-ring (bicyclic) bond motifs is 8. The second-order valence-corrected chi connectivity index (χ2v) is 17.5. The molecule has 63 heavy (non-hydrogen) atoms. The first kappa shape index (κ1) is 37.2. The van der Waals surface area contributed by atoms with Gasteiger partial charge < -0.3 is 14.1 Å². The fourth-order valence-electron chi connectivity index (χ4n) is 10.9. The summed E-state index contributed by atoms with van der Waals surface area (Å²) >= 11 is 0. The molecule has 12 rings (SSSR count). The summed E-state index contributed by atoms with van der Waals surface area (Å²) in [4.78, 5) is 2.41. The molecule has 0 spiro atoms. The molecule has 0 aliphatic carbocycles. The maximum absolute atomic E-state index is 7.07. The van der Waals surface area contributed by atoms with E-state index in [1.807, 2.05) is 6.07 Å². The fourth-order valence-corrected chi connectivity index (χ4v) is 10.9. The van der Waals surface area contributed by atoms with Crippen molar-refractivity contribution < 1.29 is 9.15 Å². The third-order valence-electron chi connectivity index (χ3n) is 13.5. The Balaban J connectivity index is 1.04. The van der Waals surface area contributed by atoms with Crippen LogP contribution in [-0.4, -0.2) is 6.71 Å². The van der Waals surface area contributed by atoms with Crippen molar-refractivity contribution in [3.8, 4) is 22.6 Å². The number of furan rings is 1. The number of hydrogen-bond donors (Lipinski definition) is 0. The molecule has 0 bridgehead atoms. The predicted molar refractivity (Wildman–Crippen MR) is 268 cm³/mol. The molecule has 0 fully saturated rings. The number of ether oxygens (including phenoxy) is 1. The lowest BCUT2D eigenvalue weighted by Crippen LogP contribution is -2.54. The molecule has 2 heterocycles. The van der Waals surface area contributed by atoms with Crippen LogP contribution in [0.2, 0.25) is 0 Å². The van der Waals surface area contributed by atoms with Crippen LogP contribution in [0, 0.1) is 34.6 Å². The topological polar surface area (TPSA) is 25.6 Å². The van der Waals surface area contributed by atoms with Crippen LogP contribution in [0.5, 0.6) is 11.5 Å². The molecule has 1 aromatic heterocycles. The van der Waals surface area contributed by atoms with Gasteiger partial charge in [0, 0.05) is 39.2 Å². The van der Waals surface area contributed by atoms with Gasteiger partial charge in [-0.15, -0.1) is 0 Å². The fraction of sp³-hybridized carbons (Fsp3) is 0.0847. The van der Waals surface area contributed by atoms with Gasteiger partial charge >= 0.3 is 0 Å². The van der Waals surface area contributed by atoms with Crippen molar-refractivity contribution in [1.82, 2.24) is 0 Å². The maximum atomic E-state index is 7.07. The first-order valence-electron chi connectivity index (χ1n) is 21.9. The number of rotatable bonds is 6. The summed E-state index contributed by atoms with van der Waals surface area (Å²) in [5.74, 6) is 1.71. The van der Waals surface area contributed by atoms with E-state index in [0.717, 1.165) is 61.2 Å². The van der Waals surface area contributed by atoms with Crippen molar-refractivity contribution in [2.45, 2.75) is 34.6 Å². The van der Waals surface area contributed by atoms with Gasteiger partial charge in [-0.2, -0.15) is 0 Å². The third-order valence-corrected chi connectivity index (χ3v) is 13.5. The Morgan fingerprint density at radius 3 is 1.92 bits per heavy atom. The first-order chi connectivity index (χ1) is 30.8. The van der Waals surface area contributed by atoms with Crippen molar-refractivity contribution in [3.05, 3.63) is 204 Å². The van der Waals surface area contributed by atoms with Crippen molar-refractivity contribution in [3.63, 3.8) is 0 Å². The average Bonchev–Trinajstić information content (AvgIpc) is 3.68. The van der Waals surface area contributed by atoms with E-state index in [-0.39, 0.29) is 6.71 Å². The standard InChI is InChI=1S/C59H44BNO2/c1-35-31-38(4)58(39(5)32-35)61(42-25-27-45-41(33-42)24-23-40-15-6-7-16-44(40)45)43-26-28-47-48-29-30-51(50-19-12-22-54(56(48)50)62-55(47)34-43)60(57-36(2)13-10-14-37(57)3)52-20-11-18-49-46-17-8-9-21-53(46)63-59(49)52/h6-34H,1-5H3. The number of aryl methyl sites for hydroxylation is 5. The summed E-state index contributed by atoms with van der Waals surface area (Å²) < 4.78 is 13.8. The van der Waals surface area contributed by atoms with E-state index < -0.39 is 0 Å². The molecular formula is C59H44BNO2. The lowest BCUT2D eigenvalue weighted by atomic mass is 9.34. The molecule has 0 N–H and O–H groups in total. The van der Waals surface area contributed by atoms with E-state index in [2.05, 4.69) is 209 Å². The minimum Gasteiger partial charge on any atom is -0.457 e. The maximum Gasteiger partial charge on any atom is 0.247 e. The van der Waals surface area contributed by atoms with Crippen molar-refractivity contribution in [2.75, 3.05) is 4.90 Å². The molecule has 1 aliphatic rings. The normalized spacial score (nSPS) is 12.0. The Kier molecular flexibility index (Phi) is 8.42. The highest BCUT2D eigenvalue weighted by molar-refractivity contribution is 6.98. The molecule has 0 radical (unpaired) electrons. The van der Waals surface area contributed by atoms with Crippen LogP contribution in [0.4, 0.5) is 17.1 Å². The Bertz CT molecular complexity index is 3650. The number of nitrogens with zero attached hydrogens (tertiary/aromatic N) is 1. The van der Waals surface area contributed by atoms with Crippen LogP contribution in [0.1, 0.15) is 27.8 Å². The summed E-state index contributed by atoms with van der Waals surface area (Å²) in [6.07, 6.45) is 0. The summed E-state index contributed by atoms with van der Waals surface area (Å²) in [7, 11) is 0. The summed E-state index contributed by atoms with van der Waals surface area (Å²) in [6.45, 7) is 11.0. The highest BCUT2D eigenvalue weighted by Crippen LogP contribution is 2.49. The lowest BCUT2D eigenvalue weighted by molar-refractivity contribution is 0.487. The monoisotopic (exact) mass is 809 g/mol. The van der Waals surface area contributed by atoms with Crippen LogP contribution in [0.25, 0.3) is 65.4 Å². The summed E-state index contributed by atoms with van der Waals surface area (Å²) in [5.41, 5.74) is 17.3. The number of anilines is 3. The molecule has 10 aromatic carbocycles. The Hall–Kier alpha value is -7.56. The molecule has 0 saturated carbocycles. The number of para-hydroxylation sites is 2. The molecular weight excluding hydrogens is 765 g/mol. The SMILES string of the molecule is Cc1cc(C)c(N(c2ccc3c(c2)Oc2cccc4c(B(c5c(C)cccc5C)c5cccc6c5oc5ccccc56)ccc-3c24)c2ccc3c(ccc4ccccc43)c2)c(C)c1. The second kappa shape index (κ2) is 14.3. The zero-order valence-electron chi connectivity index (χ0n) is 36.1. The zero-order chi connectivity index (χ0) is 42.5.